The van der Waals surface area contributed by atoms with Gasteiger partial charge in [-0.2, -0.15) is 13.2 Å². The average molecular weight is 315 g/mol. The van der Waals surface area contributed by atoms with Crippen molar-refractivity contribution in [3.8, 4) is 0 Å². The maximum Gasteiger partial charge on any atom is 0.417 e. The number of halogens is 3. The first-order valence-corrected chi connectivity index (χ1v) is 6.75. The topological polar surface area (TPSA) is 47.9 Å². The number of aromatic nitrogens is 3. The van der Waals surface area contributed by atoms with Crippen molar-refractivity contribution in [1.82, 2.24) is 15.0 Å². The van der Waals surface area contributed by atoms with Crippen LogP contribution in [-0.2, 0) is 17.5 Å². The molecule has 2 aromatic heterocycles. The van der Waals surface area contributed by atoms with Crippen molar-refractivity contribution in [2.75, 3.05) is 7.11 Å². The van der Waals surface area contributed by atoms with Crippen LogP contribution in [0.2, 0.25) is 0 Å². The Bertz CT molecular complexity index is 617. The van der Waals surface area contributed by atoms with Gasteiger partial charge in [0, 0.05) is 19.0 Å². The van der Waals surface area contributed by atoms with Gasteiger partial charge in [0.2, 0.25) is 0 Å². The summed E-state index contributed by atoms with van der Waals surface area (Å²) in [5, 5.41) is 1.05. The van der Waals surface area contributed by atoms with Gasteiger partial charge >= 0.3 is 6.18 Å². The molecule has 0 radical (unpaired) electrons. The van der Waals surface area contributed by atoms with Crippen LogP contribution in [0.1, 0.15) is 17.1 Å². The fourth-order valence-corrected chi connectivity index (χ4v) is 2.40. The number of rotatable bonds is 4. The summed E-state index contributed by atoms with van der Waals surface area (Å²) >= 11 is 1.18. The Hall–Kier alpha value is -1.67. The zero-order valence-electron chi connectivity index (χ0n) is 11.3. The number of nitrogens with zero attached hydrogens (tertiary/aromatic N) is 3. The van der Waals surface area contributed by atoms with E-state index in [0.717, 1.165) is 18.0 Å². The van der Waals surface area contributed by atoms with Crippen LogP contribution in [0.15, 0.2) is 34.4 Å². The summed E-state index contributed by atoms with van der Waals surface area (Å²) in [6.45, 7) is 2.08. The summed E-state index contributed by atoms with van der Waals surface area (Å²) < 4.78 is 42.3. The molecule has 0 aliphatic carbocycles. The Kier molecular flexibility index (Phi) is 4.79. The second kappa shape index (κ2) is 6.40. The van der Waals surface area contributed by atoms with E-state index in [1.165, 1.54) is 24.9 Å². The lowest BCUT2D eigenvalue weighted by Gasteiger charge is -2.07. The third kappa shape index (κ3) is 4.40. The standard InChI is InChI=1S/C13H12F3N3OS/c1-8-5-12(19-10(18-8)7-20-2)21-11-4-3-9(6-17-11)13(14,15)16/h3-6H,7H2,1-2H3. The van der Waals surface area contributed by atoms with Gasteiger partial charge in [0.1, 0.15) is 16.7 Å². The molecule has 0 fully saturated rings. The Balaban J connectivity index is 2.18. The molecular weight excluding hydrogens is 303 g/mol. The number of hydrogen-bond donors (Lipinski definition) is 0. The highest BCUT2D eigenvalue weighted by Gasteiger charge is 2.30. The van der Waals surface area contributed by atoms with Crippen LogP contribution in [0.5, 0.6) is 0 Å². The number of pyridine rings is 1. The molecule has 0 unspecified atom stereocenters. The minimum atomic E-state index is -4.38. The van der Waals surface area contributed by atoms with Crippen LogP contribution in [0.25, 0.3) is 0 Å². The summed E-state index contributed by atoms with van der Waals surface area (Å²) in [6, 6.07) is 4.06. The Morgan fingerprint density at radius 3 is 2.52 bits per heavy atom. The van der Waals surface area contributed by atoms with E-state index in [9.17, 15) is 13.2 Å². The second-order valence-electron chi connectivity index (χ2n) is 4.18. The molecule has 2 rings (SSSR count). The molecular formula is C13H12F3N3OS. The Morgan fingerprint density at radius 1 is 1.19 bits per heavy atom. The maximum atomic E-state index is 12.5. The first kappa shape index (κ1) is 15.7. The van der Waals surface area contributed by atoms with Gasteiger partial charge in [0.25, 0.3) is 0 Å². The van der Waals surface area contributed by atoms with Crippen LogP contribution in [0.3, 0.4) is 0 Å². The van der Waals surface area contributed by atoms with Gasteiger partial charge in [0.15, 0.2) is 5.82 Å². The molecule has 112 valence electrons. The quantitative estimate of drug-likeness (QED) is 0.808. The van der Waals surface area contributed by atoms with Crippen molar-refractivity contribution >= 4 is 11.8 Å². The normalized spacial score (nSPS) is 11.7. The summed E-state index contributed by atoms with van der Waals surface area (Å²) in [5.74, 6) is 0.520. The highest BCUT2D eigenvalue weighted by Crippen LogP contribution is 2.31. The van der Waals surface area contributed by atoms with E-state index in [2.05, 4.69) is 15.0 Å². The van der Waals surface area contributed by atoms with Crippen molar-refractivity contribution in [3.05, 3.63) is 41.5 Å². The van der Waals surface area contributed by atoms with E-state index < -0.39 is 11.7 Å². The van der Waals surface area contributed by atoms with E-state index >= 15 is 0 Å². The zero-order valence-corrected chi connectivity index (χ0v) is 12.1. The number of ether oxygens (including phenoxy) is 1. The minimum absolute atomic E-state index is 0.273. The molecule has 0 aliphatic rings. The molecule has 21 heavy (non-hydrogen) atoms. The monoisotopic (exact) mass is 315 g/mol. The van der Waals surface area contributed by atoms with Gasteiger partial charge < -0.3 is 4.74 Å². The lowest BCUT2D eigenvalue weighted by atomic mass is 10.3. The molecule has 8 heteroatoms. The molecule has 0 amide bonds. The van der Waals surface area contributed by atoms with Gasteiger partial charge in [0.05, 0.1) is 5.56 Å². The molecule has 2 aromatic rings. The summed E-state index contributed by atoms with van der Waals surface area (Å²) in [4.78, 5) is 12.2. The molecule has 0 aliphatic heterocycles. The van der Waals surface area contributed by atoms with Gasteiger partial charge in [-0.3, -0.25) is 0 Å². The van der Waals surface area contributed by atoms with Gasteiger partial charge in [-0.05, 0) is 36.9 Å². The molecule has 4 nitrogen and oxygen atoms in total. The molecule has 0 saturated heterocycles. The van der Waals surface area contributed by atoms with Crippen molar-refractivity contribution < 1.29 is 17.9 Å². The van der Waals surface area contributed by atoms with Crippen LogP contribution >= 0.6 is 11.8 Å². The molecule has 0 N–H and O–H groups in total. The second-order valence-corrected chi connectivity index (χ2v) is 5.22. The maximum absolute atomic E-state index is 12.5. The molecule has 0 spiro atoms. The predicted octanol–water partition coefficient (Wildman–Crippen LogP) is 3.50. The van der Waals surface area contributed by atoms with Crippen molar-refractivity contribution in [2.45, 2.75) is 29.8 Å². The summed E-state index contributed by atoms with van der Waals surface area (Å²) in [6.07, 6.45) is -3.57. The molecule has 0 aromatic carbocycles. The van der Waals surface area contributed by atoms with Crippen molar-refractivity contribution in [1.29, 1.82) is 0 Å². The van der Waals surface area contributed by atoms with E-state index in [-0.39, 0.29) is 6.61 Å². The van der Waals surface area contributed by atoms with E-state index in [0.29, 0.717) is 15.9 Å². The molecule has 0 saturated carbocycles. The fraction of sp³-hybridized carbons (Fsp3) is 0.308. The number of alkyl halides is 3. The largest absolute Gasteiger partial charge is 0.417 e. The van der Waals surface area contributed by atoms with Crippen molar-refractivity contribution in [3.63, 3.8) is 0 Å². The molecule has 0 bridgehead atoms. The summed E-state index contributed by atoms with van der Waals surface area (Å²) in [7, 11) is 1.54. The summed E-state index contributed by atoms with van der Waals surface area (Å²) in [5.41, 5.74) is -0.0164. The first-order valence-electron chi connectivity index (χ1n) is 5.93. The molecule has 2 heterocycles. The van der Waals surface area contributed by atoms with Crippen LogP contribution in [0.4, 0.5) is 13.2 Å². The van der Waals surface area contributed by atoms with E-state index in [1.54, 1.807) is 6.07 Å². The minimum Gasteiger partial charge on any atom is -0.377 e. The number of aryl methyl sites for hydroxylation is 1. The Labute approximate surface area is 123 Å². The smallest absolute Gasteiger partial charge is 0.377 e. The van der Waals surface area contributed by atoms with Gasteiger partial charge in [-0.1, -0.05) is 0 Å². The SMILES string of the molecule is COCc1nc(C)cc(Sc2ccc(C(F)(F)F)cn2)n1. The fourth-order valence-electron chi connectivity index (χ4n) is 1.56. The van der Waals surface area contributed by atoms with E-state index in [4.69, 9.17) is 4.74 Å². The molecule has 0 atom stereocenters. The lowest BCUT2D eigenvalue weighted by molar-refractivity contribution is -0.137. The van der Waals surface area contributed by atoms with Gasteiger partial charge in [-0.25, -0.2) is 15.0 Å². The van der Waals surface area contributed by atoms with E-state index in [1.807, 2.05) is 6.92 Å². The highest BCUT2D eigenvalue weighted by molar-refractivity contribution is 7.99. The highest BCUT2D eigenvalue weighted by atomic mass is 32.2. The average Bonchev–Trinajstić information content (AvgIpc) is 2.38. The number of hydrogen-bond acceptors (Lipinski definition) is 5. The van der Waals surface area contributed by atoms with Crippen molar-refractivity contribution in [2.24, 2.45) is 0 Å². The first-order chi connectivity index (χ1) is 9.88. The van der Waals surface area contributed by atoms with Gasteiger partial charge in [-0.15, -0.1) is 0 Å². The van der Waals surface area contributed by atoms with Crippen LogP contribution in [0, 0.1) is 6.92 Å². The lowest BCUT2D eigenvalue weighted by Crippen LogP contribution is -2.05. The third-order valence-corrected chi connectivity index (χ3v) is 3.29. The zero-order chi connectivity index (χ0) is 15.5. The Morgan fingerprint density at radius 2 is 1.95 bits per heavy atom. The van der Waals surface area contributed by atoms with Crippen LogP contribution in [-0.4, -0.2) is 22.1 Å². The van der Waals surface area contributed by atoms with Crippen LogP contribution < -0.4 is 0 Å². The third-order valence-electron chi connectivity index (χ3n) is 2.42. The predicted molar refractivity (Wildman–Crippen MR) is 70.8 cm³/mol. The number of methoxy groups -OCH3 is 1.